The molecule has 2 aliphatic heterocycles. The van der Waals surface area contributed by atoms with Gasteiger partial charge >= 0.3 is 0 Å². The zero-order chi connectivity index (χ0) is 28.4. The van der Waals surface area contributed by atoms with E-state index < -0.39 is 5.54 Å². The van der Waals surface area contributed by atoms with Crippen LogP contribution in [0, 0.1) is 0 Å². The highest BCUT2D eigenvalue weighted by molar-refractivity contribution is 6.01. The van der Waals surface area contributed by atoms with Gasteiger partial charge in [-0.25, -0.2) is 0 Å². The number of nitrogens with zero attached hydrogens (tertiary/aromatic N) is 2. The Balaban J connectivity index is 1.57. The third kappa shape index (κ3) is 4.94. The Morgan fingerprint density at radius 1 is 1.05 bits per heavy atom. The summed E-state index contributed by atoms with van der Waals surface area (Å²) in [5.41, 5.74) is 2.71. The van der Waals surface area contributed by atoms with E-state index in [0.29, 0.717) is 50.8 Å². The molecule has 214 valence electrons. The lowest BCUT2D eigenvalue weighted by atomic mass is 9.76. The Morgan fingerprint density at radius 3 is 2.60 bits per heavy atom. The number of carbonyl (C=O) groups is 2. The fourth-order valence-electron chi connectivity index (χ4n) is 6.07. The molecule has 2 amide bonds. The molecular weight excluding hydrogens is 506 g/mol. The van der Waals surface area contributed by atoms with E-state index in [-0.39, 0.29) is 30.4 Å². The molecule has 1 N–H and O–H groups in total. The number of H-pyrrole nitrogens is 1. The molecule has 1 saturated heterocycles. The Kier molecular flexibility index (Phi) is 8.08. The van der Waals surface area contributed by atoms with Gasteiger partial charge in [-0.1, -0.05) is 31.2 Å². The minimum absolute atomic E-state index is 0.0471. The number of ether oxygens (including phenoxy) is 3. The molecule has 3 heterocycles. The number of para-hydroxylation sites is 1. The van der Waals surface area contributed by atoms with Crippen LogP contribution in [0.3, 0.4) is 0 Å². The molecule has 0 bridgehead atoms. The SMILES string of the molecule is CCCOc1ccc([C@@H]2CN3C(=O)CN(CCCOC(C)C)C(=O)[C@]3(C)c3[nH]c4ccccc4c32)cc1OCC. The van der Waals surface area contributed by atoms with Gasteiger partial charge < -0.3 is 29.0 Å². The van der Waals surface area contributed by atoms with Crippen molar-refractivity contribution in [2.24, 2.45) is 0 Å². The average molecular weight is 548 g/mol. The molecule has 0 spiro atoms. The first kappa shape index (κ1) is 28.0. The number of hydrogen-bond donors (Lipinski definition) is 1. The standard InChI is InChI=1S/C32H41N3O5/c1-6-16-40-26-14-13-22(18-27(26)38-7-2)24-19-35-28(36)20-34(15-10-17-39-21(3)4)31(37)32(35,5)30-29(24)23-11-8-9-12-25(23)33-30/h8-9,11-14,18,21,24,33H,6-7,10,15-17,19-20H2,1-5H3/t24-,32-/m0/s1. The van der Waals surface area contributed by atoms with Crippen LogP contribution in [0.25, 0.3) is 10.9 Å². The molecule has 0 saturated carbocycles. The van der Waals surface area contributed by atoms with Crippen molar-refractivity contribution in [2.45, 2.75) is 65.0 Å². The average Bonchev–Trinajstić information content (AvgIpc) is 3.34. The van der Waals surface area contributed by atoms with E-state index in [2.05, 4.69) is 24.0 Å². The molecule has 8 nitrogen and oxygen atoms in total. The second-order valence-electron chi connectivity index (χ2n) is 11.1. The summed E-state index contributed by atoms with van der Waals surface area (Å²) >= 11 is 0. The third-order valence-electron chi connectivity index (χ3n) is 7.97. The lowest BCUT2D eigenvalue weighted by Crippen LogP contribution is -2.67. The van der Waals surface area contributed by atoms with Gasteiger partial charge in [-0.05, 0) is 69.9 Å². The van der Waals surface area contributed by atoms with Crippen LogP contribution in [0.15, 0.2) is 42.5 Å². The lowest BCUT2D eigenvalue weighted by Gasteiger charge is -2.51. The Labute approximate surface area is 236 Å². The summed E-state index contributed by atoms with van der Waals surface area (Å²) in [6.45, 7) is 12.5. The van der Waals surface area contributed by atoms with Gasteiger partial charge in [0.25, 0.3) is 5.91 Å². The molecule has 8 heteroatoms. The first-order chi connectivity index (χ1) is 19.3. The van der Waals surface area contributed by atoms with Crippen LogP contribution in [-0.2, 0) is 19.9 Å². The highest BCUT2D eigenvalue weighted by Gasteiger charge is 2.56. The minimum atomic E-state index is -1.12. The molecule has 40 heavy (non-hydrogen) atoms. The monoisotopic (exact) mass is 547 g/mol. The smallest absolute Gasteiger partial charge is 0.254 e. The normalized spacial score (nSPS) is 20.7. The van der Waals surface area contributed by atoms with E-state index in [0.717, 1.165) is 34.1 Å². The maximum absolute atomic E-state index is 14.2. The molecule has 0 aliphatic carbocycles. The molecule has 0 radical (unpaired) electrons. The van der Waals surface area contributed by atoms with E-state index in [4.69, 9.17) is 14.2 Å². The van der Waals surface area contributed by atoms with E-state index in [9.17, 15) is 9.59 Å². The van der Waals surface area contributed by atoms with Crippen LogP contribution in [0.1, 0.15) is 70.2 Å². The largest absolute Gasteiger partial charge is 0.490 e. The lowest BCUT2D eigenvalue weighted by molar-refractivity contribution is -0.166. The quantitative estimate of drug-likeness (QED) is 0.334. The second kappa shape index (κ2) is 11.5. The van der Waals surface area contributed by atoms with Crippen LogP contribution in [-0.4, -0.2) is 72.2 Å². The minimum Gasteiger partial charge on any atom is -0.490 e. The highest BCUT2D eigenvalue weighted by Crippen LogP contribution is 2.49. The maximum Gasteiger partial charge on any atom is 0.254 e. The second-order valence-corrected chi connectivity index (χ2v) is 11.1. The van der Waals surface area contributed by atoms with Gasteiger partial charge in [-0.3, -0.25) is 9.59 Å². The van der Waals surface area contributed by atoms with Gasteiger partial charge in [-0.2, -0.15) is 0 Å². The predicted octanol–water partition coefficient (Wildman–Crippen LogP) is 5.20. The number of rotatable bonds is 11. The highest BCUT2D eigenvalue weighted by atomic mass is 16.5. The van der Waals surface area contributed by atoms with E-state index >= 15 is 0 Å². The summed E-state index contributed by atoms with van der Waals surface area (Å²) in [5, 5.41) is 1.07. The number of aromatic amines is 1. The number of fused-ring (bicyclic) bond motifs is 5. The summed E-state index contributed by atoms with van der Waals surface area (Å²) in [5.74, 6) is 1.17. The van der Waals surface area contributed by atoms with E-state index in [1.54, 1.807) is 9.80 Å². The Bertz CT molecular complexity index is 1380. The van der Waals surface area contributed by atoms with Crippen molar-refractivity contribution in [3.8, 4) is 11.5 Å². The van der Waals surface area contributed by atoms with Gasteiger partial charge in [-0.15, -0.1) is 0 Å². The fourth-order valence-corrected chi connectivity index (χ4v) is 6.07. The molecule has 0 unspecified atom stereocenters. The number of nitrogens with one attached hydrogen (secondary N) is 1. The van der Waals surface area contributed by atoms with Crippen LogP contribution in [0.4, 0.5) is 0 Å². The van der Waals surface area contributed by atoms with Crippen LogP contribution in [0.2, 0.25) is 0 Å². The fraction of sp³-hybridized carbons (Fsp3) is 0.500. The van der Waals surface area contributed by atoms with Crippen molar-refractivity contribution in [1.29, 1.82) is 0 Å². The van der Waals surface area contributed by atoms with E-state index in [1.165, 1.54) is 0 Å². The summed E-state index contributed by atoms with van der Waals surface area (Å²) in [4.78, 5) is 34.9. The first-order valence-corrected chi connectivity index (χ1v) is 14.5. The van der Waals surface area contributed by atoms with Gasteiger partial charge in [0.2, 0.25) is 5.91 Å². The van der Waals surface area contributed by atoms with Gasteiger partial charge in [0, 0.05) is 36.5 Å². The molecule has 2 aliphatic rings. The Morgan fingerprint density at radius 2 is 1.85 bits per heavy atom. The van der Waals surface area contributed by atoms with Crippen LogP contribution < -0.4 is 9.47 Å². The molecule has 2 aromatic carbocycles. The molecule has 2 atom stereocenters. The maximum atomic E-state index is 14.2. The van der Waals surface area contributed by atoms with Gasteiger partial charge in [0.15, 0.2) is 17.0 Å². The molecule has 5 rings (SSSR count). The van der Waals surface area contributed by atoms with Crippen LogP contribution >= 0.6 is 0 Å². The predicted molar refractivity (Wildman–Crippen MR) is 155 cm³/mol. The Hall–Kier alpha value is -3.52. The number of hydrogen-bond acceptors (Lipinski definition) is 5. The zero-order valence-electron chi connectivity index (χ0n) is 24.3. The number of aromatic nitrogens is 1. The summed E-state index contributed by atoms with van der Waals surface area (Å²) < 4.78 is 17.6. The topological polar surface area (TPSA) is 84.1 Å². The number of benzene rings is 2. The number of carbonyl (C=O) groups excluding carboxylic acids is 2. The first-order valence-electron chi connectivity index (χ1n) is 14.5. The number of piperazine rings is 1. The van der Waals surface area contributed by atoms with Gasteiger partial charge in [0.05, 0.1) is 31.6 Å². The van der Waals surface area contributed by atoms with Crippen molar-refractivity contribution in [2.75, 3.05) is 39.5 Å². The molecule has 3 aromatic rings. The molecular formula is C32H41N3O5. The van der Waals surface area contributed by atoms with Crippen molar-refractivity contribution in [1.82, 2.24) is 14.8 Å². The third-order valence-corrected chi connectivity index (χ3v) is 7.97. The van der Waals surface area contributed by atoms with Crippen molar-refractivity contribution >= 4 is 22.7 Å². The van der Waals surface area contributed by atoms with Crippen molar-refractivity contribution in [3.05, 3.63) is 59.3 Å². The van der Waals surface area contributed by atoms with Gasteiger partial charge in [0.1, 0.15) is 0 Å². The zero-order valence-corrected chi connectivity index (χ0v) is 24.3. The molecule has 1 aromatic heterocycles. The summed E-state index contributed by atoms with van der Waals surface area (Å²) in [6, 6.07) is 14.2. The van der Waals surface area contributed by atoms with Crippen LogP contribution in [0.5, 0.6) is 11.5 Å². The number of amides is 2. The van der Waals surface area contributed by atoms with Crippen molar-refractivity contribution in [3.63, 3.8) is 0 Å². The van der Waals surface area contributed by atoms with Crippen molar-refractivity contribution < 1.29 is 23.8 Å². The summed E-state index contributed by atoms with van der Waals surface area (Å²) in [6.07, 6.45) is 1.72. The molecule has 1 fully saturated rings. The van der Waals surface area contributed by atoms with E-state index in [1.807, 2.05) is 58.0 Å². The summed E-state index contributed by atoms with van der Waals surface area (Å²) in [7, 11) is 0.